The summed E-state index contributed by atoms with van der Waals surface area (Å²) in [5.74, 6) is -0.266. The second-order valence-electron chi connectivity index (χ2n) is 3.17. The van der Waals surface area contributed by atoms with Gasteiger partial charge in [-0.05, 0) is 27.7 Å². The summed E-state index contributed by atoms with van der Waals surface area (Å²) < 4.78 is 0. The second-order valence-corrected chi connectivity index (χ2v) is 3.17. The van der Waals surface area contributed by atoms with Gasteiger partial charge in [0.1, 0.15) is 0 Å². The minimum Gasteiger partial charge on any atom is -0.369 e. The summed E-state index contributed by atoms with van der Waals surface area (Å²) in [5.41, 5.74) is 16.1. The van der Waals surface area contributed by atoms with Crippen LogP contribution in [0, 0.1) is 10.8 Å². The summed E-state index contributed by atoms with van der Waals surface area (Å²) in [6.07, 6.45) is 0. The topological polar surface area (TPSA) is 149 Å². The van der Waals surface area contributed by atoms with E-state index in [1.165, 1.54) is 0 Å². The van der Waals surface area contributed by atoms with Gasteiger partial charge in [0.25, 0.3) is 0 Å². The fraction of sp³-hybridized carbons (Fsp3) is 0.500. The smallest absolute Gasteiger partial charge is 0.206 e. The molecule has 16 heavy (non-hydrogen) atoms. The summed E-state index contributed by atoms with van der Waals surface area (Å²) in [6, 6.07) is 0. The number of hydrogen-bond donors (Lipinski definition) is 6. The molecule has 0 saturated carbocycles. The van der Waals surface area contributed by atoms with Crippen molar-refractivity contribution in [3.63, 3.8) is 0 Å². The quantitative estimate of drug-likeness (QED) is 0.219. The van der Waals surface area contributed by atoms with Crippen LogP contribution in [0.2, 0.25) is 0 Å². The Morgan fingerprint density at radius 3 is 1.12 bits per heavy atom. The molecule has 0 spiro atoms. The van der Waals surface area contributed by atoms with Crippen molar-refractivity contribution < 1.29 is 0 Å². The molecule has 8 heteroatoms. The van der Waals surface area contributed by atoms with Crippen LogP contribution in [0.25, 0.3) is 0 Å². The molecule has 0 radical (unpaired) electrons. The Labute approximate surface area is 95.2 Å². The Morgan fingerprint density at radius 1 is 0.812 bits per heavy atom. The molecular weight excluding hydrogens is 208 g/mol. The third kappa shape index (κ3) is 22.6. The standard InChI is InChI=1S/2C4H10N4/c2*1-3(2)7-8-4(5)6/h2*1-2H3,(H4,5,6,8). The first-order valence-corrected chi connectivity index (χ1v) is 4.47. The van der Waals surface area contributed by atoms with E-state index >= 15 is 0 Å². The Hall–Kier alpha value is -2.12. The van der Waals surface area contributed by atoms with Crippen molar-refractivity contribution in [2.24, 2.45) is 21.7 Å². The maximum atomic E-state index is 6.65. The van der Waals surface area contributed by atoms with E-state index in [0.29, 0.717) is 0 Å². The molecular formula is C8H20N8. The first kappa shape index (κ1) is 16.3. The van der Waals surface area contributed by atoms with Gasteiger partial charge in [-0.25, -0.2) is 10.9 Å². The van der Waals surface area contributed by atoms with Crippen molar-refractivity contribution in [2.75, 3.05) is 0 Å². The van der Waals surface area contributed by atoms with Crippen LogP contribution in [0.4, 0.5) is 0 Å². The first-order chi connectivity index (χ1) is 7.25. The van der Waals surface area contributed by atoms with E-state index in [4.69, 9.17) is 22.3 Å². The Bertz CT molecular complexity index is 252. The normalized spacial score (nSPS) is 7.75. The highest BCUT2D eigenvalue weighted by Gasteiger charge is 1.79. The van der Waals surface area contributed by atoms with Crippen LogP contribution < -0.4 is 22.3 Å². The molecule has 0 heterocycles. The molecule has 0 aromatic heterocycles. The van der Waals surface area contributed by atoms with Crippen LogP contribution in [0.5, 0.6) is 0 Å². The fourth-order valence-electron chi connectivity index (χ4n) is 0.344. The van der Waals surface area contributed by atoms with Crippen molar-refractivity contribution >= 4 is 23.3 Å². The number of hydrogen-bond acceptors (Lipinski definition) is 4. The second kappa shape index (κ2) is 9.44. The highest BCUT2D eigenvalue weighted by Crippen LogP contribution is 1.66. The molecule has 0 rings (SSSR count). The zero-order chi connectivity index (χ0) is 13.1. The third-order valence-corrected chi connectivity index (χ3v) is 0.800. The molecule has 0 saturated heterocycles. The van der Waals surface area contributed by atoms with Crippen LogP contribution in [0.1, 0.15) is 27.7 Å². The summed E-state index contributed by atoms with van der Waals surface area (Å²) in [4.78, 5) is 0. The van der Waals surface area contributed by atoms with E-state index in [0.717, 1.165) is 11.4 Å². The molecule has 0 unspecified atom stereocenters. The lowest BCUT2D eigenvalue weighted by molar-refractivity contribution is 0.989. The van der Waals surface area contributed by atoms with Gasteiger partial charge in [-0.1, -0.05) is 0 Å². The summed E-state index contributed by atoms with van der Waals surface area (Å²) in [7, 11) is 0. The predicted octanol–water partition coefficient (Wildman–Crippen LogP) is -0.269. The van der Waals surface area contributed by atoms with Crippen molar-refractivity contribution in [3.05, 3.63) is 0 Å². The molecule has 92 valence electrons. The van der Waals surface area contributed by atoms with Crippen molar-refractivity contribution in [2.45, 2.75) is 27.7 Å². The lowest BCUT2D eigenvalue weighted by atomic mass is 10.5. The predicted molar refractivity (Wildman–Crippen MR) is 67.7 cm³/mol. The van der Waals surface area contributed by atoms with Gasteiger partial charge in [-0.2, -0.15) is 10.2 Å². The highest BCUT2D eigenvalue weighted by atomic mass is 15.3. The zero-order valence-corrected chi connectivity index (χ0v) is 10.0. The molecule has 0 atom stereocenters. The number of hydrazone groups is 2. The van der Waals surface area contributed by atoms with Crippen LogP contribution in [-0.2, 0) is 0 Å². The molecule has 0 aliphatic heterocycles. The fourth-order valence-corrected chi connectivity index (χ4v) is 0.344. The van der Waals surface area contributed by atoms with E-state index < -0.39 is 0 Å². The number of nitrogens with one attached hydrogen (secondary N) is 4. The summed E-state index contributed by atoms with van der Waals surface area (Å²) in [6.45, 7) is 7.26. The molecule has 0 aromatic rings. The van der Waals surface area contributed by atoms with Gasteiger partial charge in [0, 0.05) is 11.4 Å². The van der Waals surface area contributed by atoms with Gasteiger partial charge in [0.2, 0.25) is 11.9 Å². The van der Waals surface area contributed by atoms with Gasteiger partial charge in [-0.3, -0.25) is 10.8 Å². The molecule has 8 N–H and O–H groups in total. The van der Waals surface area contributed by atoms with Gasteiger partial charge < -0.3 is 11.5 Å². The third-order valence-electron chi connectivity index (χ3n) is 0.800. The van der Waals surface area contributed by atoms with Crippen molar-refractivity contribution in [3.8, 4) is 0 Å². The number of guanidine groups is 2. The van der Waals surface area contributed by atoms with Gasteiger partial charge in [-0.15, -0.1) is 0 Å². The molecule has 0 amide bonds. The van der Waals surface area contributed by atoms with Crippen LogP contribution >= 0.6 is 0 Å². The zero-order valence-electron chi connectivity index (χ0n) is 10.0. The Kier molecular flexibility index (Phi) is 9.62. The number of nitrogens with two attached hydrogens (primary N) is 2. The number of nitrogens with zero attached hydrogens (tertiary/aromatic N) is 2. The molecule has 0 bridgehead atoms. The van der Waals surface area contributed by atoms with E-state index in [9.17, 15) is 0 Å². The molecule has 0 fully saturated rings. The van der Waals surface area contributed by atoms with Crippen LogP contribution in [0.3, 0.4) is 0 Å². The molecule has 0 aliphatic rings. The lowest BCUT2D eigenvalue weighted by Crippen LogP contribution is -2.25. The Morgan fingerprint density at radius 2 is 1.06 bits per heavy atom. The monoisotopic (exact) mass is 228 g/mol. The average Bonchev–Trinajstić information content (AvgIpc) is 2.12. The largest absolute Gasteiger partial charge is 0.369 e. The minimum atomic E-state index is -0.133. The summed E-state index contributed by atoms with van der Waals surface area (Å²) in [5, 5.41) is 20.6. The SMILES string of the molecule is CC(C)=NNC(=N)N.CC(C)=NNC(=N)N. The van der Waals surface area contributed by atoms with E-state index in [1.807, 2.05) is 27.7 Å². The highest BCUT2D eigenvalue weighted by molar-refractivity contribution is 5.82. The van der Waals surface area contributed by atoms with Crippen molar-refractivity contribution in [1.82, 2.24) is 10.9 Å². The van der Waals surface area contributed by atoms with Gasteiger partial charge >= 0.3 is 0 Å². The summed E-state index contributed by atoms with van der Waals surface area (Å²) >= 11 is 0. The van der Waals surface area contributed by atoms with E-state index in [2.05, 4.69) is 21.1 Å². The minimum absolute atomic E-state index is 0.133. The first-order valence-electron chi connectivity index (χ1n) is 4.47. The van der Waals surface area contributed by atoms with E-state index in [-0.39, 0.29) is 11.9 Å². The number of rotatable bonds is 2. The molecule has 0 aliphatic carbocycles. The maximum Gasteiger partial charge on any atom is 0.206 e. The maximum absolute atomic E-state index is 6.65. The molecule has 0 aromatic carbocycles. The van der Waals surface area contributed by atoms with Crippen molar-refractivity contribution in [1.29, 1.82) is 10.8 Å². The lowest BCUT2D eigenvalue weighted by Gasteiger charge is -1.93. The van der Waals surface area contributed by atoms with Crippen LogP contribution in [-0.4, -0.2) is 23.3 Å². The molecule has 8 nitrogen and oxygen atoms in total. The van der Waals surface area contributed by atoms with Gasteiger partial charge in [0.05, 0.1) is 0 Å². The van der Waals surface area contributed by atoms with Crippen LogP contribution in [0.15, 0.2) is 10.2 Å². The Balaban J connectivity index is 0. The van der Waals surface area contributed by atoms with E-state index in [1.54, 1.807) is 0 Å². The average molecular weight is 228 g/mol. The van der Waals surface area contributed by atoms with Gasteiger partial charge in [0.15, 0.2) is 0 Å².